The van der Waals surface area contributed by atoms with Crippen LogP contribution in [-0.4, -0.2) is 7.11 Å². The van der Waals surface area contributed by atoms with Crippen LogP contribution in [0.25, 0.3) is 5.57 Å². The van der Waals surface area contributed by atoms with Gasteiger partial charge in [-0.05, 0) is 43.5 Å². The third kappa shape index (κ3) is 2.37. The van der Waals surface area contributed by atoms with Gasteiger partial charge in [-0.1, -0.05) is 17.7 Å². The summed E-state index contributed by atoms with van der Waals surface area (Å²) in [5, 5.41) is 0.543. The van der Waals surface area contributed by atoms with Crippen molar-refractivity contribution in [3.63, 3.8) is 0 Å². The first-order valence-electron chi connectivity index (χ1n) is 5.53. The van der Waals surface area contributed by atoms with E-state index in [0.29, 0.717) is 21.9 Å². The smallest absolute Gasteiger partial charge is 0.129 e. The summed E-state index contributed by atoms with van der Waals surface area (Å²) < 4.78 is 19.2. The number of benzene rings is 1. The van der Waals surface area contributed by atoms with Gasteiger partial charge >= 0.3 is 0 Å². The summed E-state index contributed by atoms with van der Waals surface area (Å²) in [6, 6.07) is 5.27. The Morgan fingerprint density at radius 3 is 2.82 bits per heavy atom. The number of rotatable bonds is 2. The van der Waals surface area contributed by atoms with Crippen LogP contribution in [0, 0.1) is 0 Å². The predicted molar refractivity (Wildman–Crippen MR) is 69.0 cm³/mol. The molecule has 1 aromatic rings. The largest absolute Gasteiger partial charge is 0.497 e. The van der Waals surface area contributed by atoms with Gasteiger partial charge in [-0.25, -0.2) is 4.39 Å². The zero-order chi connectivity index (χ0) is 12.4. The van der Waals surface area contributed by atoms with E-state index in [1.165, 1.54) is 0 Å². The number of hydrogen-bond donors (Lipinski definition) is 0. The Bertz CT molecular complexity index is 503. The molecule has 0 amide bonds. The topological polar surface area (TPSA) is 9.23 Å². The van der Waals surface area contributed by atoms with Crippen LogP contribution in [-0.2, 0) is 0 Å². The molecule has 2 rings (SSSR count). The first-order valence-corrected chi connectivity index (χ1v) is 5.91. The Hall–Kier alpha value is -1.28. The molecule has 1 aromatic carbocycles. The van der Waals surface area contributed by atoms with Gasteiger partial charge in [-0.3, -0.25) is 0 Å². The number of ether oxygens (including phenoxy) is 1. The fraction of sp³-hybridized carbons (Fsp3) is 0.286. The Morgan fingerprint density at radius 2 is 2.12 bits per heavy atom. The molecule has 1 aliphatic rings. The van der Waals surface area contributed by atoms with Gasteiger partial charge in [-0.15, -0.1) is 0 Å². The SMILES string of the molecule is COc1ccc(Cl)c(C2=CCCC(C)=C2F)c1. The molecule has 0 spiro atoms. The average Bonchev–Trinajstić information content (AvgIpc) is 2.34. The highest BCUT2D eigenvalue weighted by Crippen LogP contribution is 2.37. The first kappa shape index (κ1) is 12.2. The van der Waals surface area contributed by atoms with Crippen LogP contribution >= 0.6 is 11.6 Å². The number of allylic oxidation sites excluding steroid dienone is 4. The standard InChI is InChI=1S/C14H14ClFO/c1-9-4-3-5-11(14(9)16)12-8-10(17-2)6-7-13(12)15/h5-8H,3-4H2,1-2H3. The second-order valence-electron chi connectivity index (χ2n) is 4.10. The molecule has 0 saturated carbocycles. The molecule has 0 atom stereocenters. The molecule has 0 N–H and O–H groups in total. The number of methoxy groups -OCH3 is 1. The minimum absolute atomic E-state index is 0.161. The van der Waals surface area contributed by atoms with Crippen LogP contribution < -0.4 is 4.74 Å². The summed E-state index contributed by atoms with van der Waals surface area (Å²) in [7, 11) is 1.58. The summed E-state index contributed by atoms with van der Waals surface area (Å²) >= 11 is 6.11. The van der Waals surface area contributed by atoms with Crippen molar-refractivity contribution in [3.8, 4) is 5.75 Å². The van der Waals surface area contributed by atoms with Crippen LogP contribution in [0.1, 0.15) is 25.3 Å². The van der Waals surface area contributed by atoms with Gasteiger partial charge in [0.25, 0.3) is 0 Å². The van der Waals surface area contributed by atoms with Crippen molar-refractivity contribution in [3.05, 3.63) is 46.3 Å². The molecule has 0 bridgehead atoms. The molecule has 0 unspecified atom stereocenters. The number of halogens is 2. The van der Waals surface area contributed by atoms with Crippen molar-refractivity contribution < 1.29 is 9.13 Å². The second kappa shape index (κ2) is 4.92. The van der Waals surface area contributed by atoms with Crippen LogP contribution in [0.2, 0.25) is 5.02 Å². The van der Waals surface area contributed by atoms with Crippen LogP contribution in [0.4, 0.5) is 4.39 Å². The molecule has 1 nitrogen and oxygen atoms in total. The van der Waals surface area contributed by atoms with E-state index in [-0.39, 0.29) is 5.83 Å². The Morgan fingerprint density at radius 1 is 1.35 bits per heavy atom. The van der Waals surface area contributed by atoms with Gasteiger partial charge < -0.3 is 4.74 Å². The molecule has 3 heteroatoms. The monoisotopic (exact) mass is 252 g/mol. The zero-order valence-corrected chi connectivity index (χ0v) is 10.6. The van der Waals surface area contributed by atoms with Gasteiger partial charge in [0.1, 0.15) is 11.6 Å². The minimum atomic E-state index is -0.161. The normalized spacial score (nSPS) is 15.9. The molecule has 0 aliphatic heterocycles. The van der Waals surface area contributed by atoms with Crippen molar-refractivity contribution in [1.29, 1.82) is 0 Å². The lowest BCUT2D eigenvalue weighted by Crippen LogP contribution is -1.97. The lowest BCUT2D eigenvalue weighted by molar-refractivity contribution is 0.414. The van der Waals surface area contributed by atoms with E-state index in [2.05, 4.69) is 0 Å². The van der Waals surface area contributed by atoms with Crippen LogP contribution in [0.15, 0.2) is 35.7 Å². The fourth-order valence-corrected chi connectivity index (χ4v) is 2.15. The summed E-state index contributed by atoms with van der Waals surface area (Å²) in [6.07, 6.45) is 3.52. The third-order valence-corrected chi connectivity index (χ3v) is 3.27. The zero-order valence-electron chi connectivity index (χ0n) is 9.89. The minimum Gasteiger partial charge on any atom is -0.497 e. The lowest BCUT2D eigenvalue weighted by Gasteiger charge is -2.16. The van der Waals surface area contributed by atoms with Gasteiger partial charge in [0, 0.05) is 16.2 Å². The molecule has 17 heavy (non-hydrogen) atoms. The summed E-state index contributed by atoms with van der Waals surface area (Å²) in [5.41, 5.74) is 2.06. The van der Waals surface area contributed by atoms with Gasteiger partial charge in [0.2, 0.25) is 0 Å². The Balaban J connectivity index is 2.50. The highest BCUT2D eigenvalue weighted by molar-refractivity contribution is 6.32. The molecule has 1 aliphatic carbocycles. The molecular weight excluding hydrogens is 239 g/mol. The number of hydrogen-bond acceptors (Lipinski definition) is 1. The fourth-order valence-electron chi connectivity index (χ4n) is 1.93. The van der Waals surface area contributed by atoms with E-state index in [1.54, 1.807) is 25.3 Å². The summed E-state index contributed by atoms with van der Waals surface area (Å²) in [4.78, 5) is 0. The lowest BCUT2D eigenvalue weighted by atomic mass is 9.94. The van der Waals surface area contributed by atoms with Gasteiger partial charge in [0.05, 0.1) is 7.11 Å². The molecule has 0 aromatic heterocycles. The van der Waals surface area contributed by atoms with Crippen molar-refractivity contribution in [1.82, 2.24) is 0 Å². The van der Waals surface area contributed by atoms with Gasteiger partial charge in [0.15, 0.2) is 0 Å². The van der Waals surface area contributed by atoms with E-state index in [1.807, 2.05) is 13.0 Å². The Labute approximate surface area is 106 Å². The van der Waals surface area contributed by atoms with Gasteiger partial charge in [-0.2, -0.15) is 0 Å². The van der Waals surface area contributed by atoms with E-state index < -0.39 is 0 Å². The van der Waals surface area contributed by atoms with Crippen molar-refractivity contribution in [2.45, 2.75) is 19.8 Å². The molecular formula is C14H14ClFO. The first-order chi connectivity index (χ1) is 8.13. The molecule has 90 valence electrons. The third-order valence-electron chi connectivity index (χ3n) is 2.94. The highest BCUT2D eigenvalue weighted by Gasteiger charge is 2.17. The predicted octanol–water partition coefficient (Wildman–Crippen LogP) is 4.77. The summed E-state index contributed by atoms with van der Waals surface area (Å²) in [5.74, 6) is 0.521. The molecule has 0 saturated heterocycles. The maximum atomic E-state index is 14.1. The van der Waals surface area contributed by atoms with E-state index in [0.717, 1.165) is 18.4 Å². The molecule has 0 fully saturated rings. The molecule has 0 radical (unpaired) electrons. The summed E-state index contributed by atoms with van der Waals surface area (Å²) in [6.45, 7) is 1.82. The van der Waals surface area contributed by atoms with Crippen LogP contribution in [0.5, 0.6) is 5.75 Å². The maximum Gasteiger partial charge on any atom is 0.129 e. The highest BCUT2D eigenvalue weighted by atomic mass is 35.5. The van der Waals surface area contributed by atoms with Crippen molar-refractivity contribution >= 4 is 17.2 Å². The molecule has 0 heterocycles. The maximum absolute atomic E-state index is 14.1. The van der Waals surface area contributed by atoms with Crippen molar-refractivity contribution in [2.24, 2.45) is 0 Å². The van der Waals surface area contributed by atoms with E-state index in [4.69, 9.17) is 16.3 Å². The van der Waals surface area contributed by atoms with Crippen molar-refractivity contribution in [2.75, 3.05) is 7.11 Å². The van der Waals surface area contributed by atoms with Crippen LogP contribution in [0.3, 0.4) is 0 Å². The van der Waals surface area contributed by atoms with E-state index in [9.17, 15) is 4.39 Å². The second-order valence-corrected chi connectivity index (χ2v) is 4.50. The van der Waals surface area contributed by atoms with E-state index >= 15 is 0 Å². The average molecular weight is 253 g/mol. The quantitative estimate of drug-likeness (QED) is 0.737. The Kier molecular flexibility index (Phi) is 3.53.